The van der Waals surface area contributed by atoms with Gasteiger partial charge in [-0.25, -0.2) is 15.0 Å². The zero-order valence-corrected chi connectivity index (χ0v) is 16.2. The van der Waals surface area contributed by atoms with Gasteiger partial charge in [-0.2, -0.15) is 0 Å². The van der Waals surface area contributed by atoms with Crippen molar-refractivity contribution in [3.8, 4) is 0 Å². The molecule has 1 unspecified atom stereocenters. The van der Waals surface area contributed by atoms with Gasteiger partial charge < -0.3 is 14.7 Å². The molecule has 0 spiro atoms. The van der Waals surface area contributed by atoms with Gasteiger partial charge in [0.15, 0.2) is 0 Å². The number of nitrogens with zero attached hydrogens (tertiary/aromatic N) is 6. The number of halogens is 1. The van der Waals surface area contributed by atoms with Gasteiger partial charge in [0, 0.05) is 50.8 Å². The zero-order valence-electron chi connectivity index (χ0n) is 14.6. The molecule has 0 aromatic carbocycles. The largest absolute Gasteiger partial charge is 0.363 e. The Morgan fingerprint density at radius 1 is 1.17 bits per heavy atom. The fourth-order valence-corrected chi connectivity index (χ4v) is 3.16. The van der Waals surface area contributed by atoms with Gasteiger partial charge in [-0.3, -0.25) is 0 Å². The summed E-state index contributed by atoms with van der Waals surface area (Å²) in [6, 6.07) is 6.60. The summed E-state index contributed by atoms with van der Waals surface area (Å²) in [5, 5.41) is 0. The van der Waals surface area contributed by atoms with Crippen LogP contribution in [-0.2, 0) is 0 Å². The summed E-state index contributed by atoms with van der Waals surface area (Å²) in [7, 11) is 6.09. The molecule has 2 aromatic heterocycles. The van der Waals surface area contributed by atoms with Crippen LogP contribution < -0.4 is 14.7 Å². The molecule has 0 amide bonds. The minimum atomic E-state index is 0.417. The molecule has 1 aliphatic rings. The molecule has 1 aliphatic heterocycles. The fraction of sp³-hybridized carbons (Fsp3) is 0.471. The van der Waals surface area contributed by atoms with E-state index < -0.39 is 0 Å². The van der Waals surface area contributed by atoms with Crippen molar-refractivity contribution in [1.82, 2.24) is 15.0 Å². The molecule has 1 saturated heterocycles. The molecule has 0 aliphatic carbocycles. The highest BCUT2D eigenvalue weighted by atomic mass is 79.9. The number of anilines is 3. The highest BCUT2D eigenvalue weighted by Crippen LogP contribution is 2.26. The Hall–Kier alpha value is -1.89. The van der Waals surface area contributed by atoms with Gasteiger partial charge in [0.2, 0.25) is 0 Å². The van der Waals surface area contributed by atoms with Crippen molar-refractivity contribution in [2.75, 3.05) is 48.9 Å². The van der Waals surface area contributed by atoms with Crippen LogP contribution in [0.25, 0.3) is 0 Å². The average molecular weight is 391 g/mol. The number of hydrogen-bond acceptors (Lipinski definition) is 6. The first-order valence-electron chi connectivity index (χ1n) is 8.06. The van der Waals surface area contributed by atoms with E-state index in [0.29, 0.717) is 6.04 Å². The smallest absolute Gasteiger partial charge is 0.134 e. The standard InChI is InChI=1S/C17H23BrN6/c1-12-14(18)5-6-15(21-12)24-8-7-13(10-24)23(4)17-9-16(22(2)3)19-11-20-17/h5-6,9,11,13H,7-8,10H2,1-4H3. The first kappa shape index (κ1) is 17.0. The Morgan fingerprint density at radius 2 is 1.92 bits per heavy atom. The SMILES string of the molecule is Cc1nc(N2CCC(N(C)c3cc(N(C)C)ncn3)C2)ccc1Br. The summed E-state index contributed by atoms with van der Waals surface area (Å²) in [5.74, 6) is 2.93. The maximum absolute atomic E-state index is 4.69. The molecule has 0 radical (unpaired) electrons. The molecule has 128 valence electrons. The van der Waals surface area contributed by atoms with E-state index >= 15 is 0 Å². The molecule has 3 heterocycles. The van der Waals surface area contributed by atoms with Gasteiger partial charge >= 0.3 is 0 Å². The molecule has 0 saturated carbocycles. The lowest BCUT2D eigenvalue weighted by atomic mass is 10.2. The molecule has 7 heteroatoms. The van der Waals surface area contributed by atoms with Crippen LogP contribution >= 0.6 is 15.9 Å². The molecule has 1 fully saturated rings. The number of likely N-dealkylation sites (N-methyl/N-ethyl adjacent to an activating group) is 1. The third kappa shape index (κ3) is 3.45. The first-order valence-corrected chi connectivity index (χ1v) is 8.85. The van der Waals surface area contributed by atoms with Crippen molar-refractivity contribution in [1.29, 1.82) is 0 Å². The Kier molecular flexibility index (Phi) is 4.89. The number of aryl methyl sites for hydroxylation is 1. The van der Waals surface area contributed by atoms with Crippen molar-refractivity contribution in [3.63, 3.8) is 0 Å². The molecule has 24 heavy (non-hydrogen) atoms. The van der Waals surface area contributed by atoms with E-state index in [9.17, 15) is 0 Å². The lowest BCUT2D eigenvalue weighted by molar-refractivity contribution is 0.683. The molecule has 6 nitrogen and oxygen atoms in total. The summed E-state index contributed by atoms with van der Waals surface area (Å²) in [5.41, 5.74) is 1.02. The molecule has 0 bridgehead atoms. The molecule has 3 rings (SSSR count). The molecule has 0 N–H and O–H groups in total. The average Bonchev–Trinajstić information content (AvgIpc) is 3.06. The second kappa shape index (κ2) is 6.93. The number of aromatic nitrogens is 3. The van der Waals surface area contributed by atoms with Crippen LogP contribution in [0.1, 0.15) is 12.1 Å². The third-order valence-corrected chi connectivity index (χ3v) is 5.34. The van der Waals surface area contributed by atoms with Gasteiger partial charge in [-0.05, 0) is 41.4 Å². The van der Waals surface area contributed by atoms with Crippen molar-refractivity contribution >= 4 is 33.4 Å². The predicted octanol–water partition coefficient (Wildman–Crippen LogP) is 2.72. The molecular formula is C17H23BrN6. The second-order valence-corrected chi connectivity index (χ2v) is 7.22. The molecule has 1 atom stereocenters. The lowest BCUT2D eigenvalue weighted by Crippen LogP contribution is -2.35. The van der Waals surface area contributed by atoms with E-state index in [2.05, 4.69) is 59.9 Å². The van der Waals surface area contributed by atoms with Crippen LogP contribution in [0.4, 0.5) is 17.5 Å². The summed E-state index contributed by atoms with van der Waals surface area (Å²) in [4.78, 5) is 20.0. The Labute approximate surface area is 151 Å². The monoisotopic (exact) mass is 390 g/mol. The normalized spacial score (nSPS) is 17.2. The third-order valence-electron chi connectivity index (χ3n) is 4.50. The first-order chi connectivity index (χ1) is 11.5. The highest BCUT2D eigenvalue weighted by molar-refractivity contribution is 9.10. The topological polar surface area (TPSA) is 48.4 Å². The van der Waals surface area contributed by atoms with E-state index in [1.165, 1.54) is 0 Å². The predicted molar refractivity (Wildman–Crippen MR) is 102 cm³/mol. The van der Waals surface area contributed by atoms with Gasteiger partial charge in [0.1, 0.15) is 23.8 Å². The molecule has 2 aromatic rings. The van der Waals surface area contributed by atoms with Gasteiger partial charge in [0.05, 0.1) is 5.69 Å². The Balaban J connectivity index is 1.72. The quantitative estimate of drug-likeness (QED) is 0.799. The minimum absolute atomic E-state index is 0.417. The summed E-state index contributed by atoms with van der Waals surface area (Å²) < 4.78 is 1.05. The van der Waals surface area contributed by atoms with Crippen molar-refractivity contribution in [2.24, 2.45) is 0 Å². The van der Waals surface area contributed by atoms with Gasteiger partial charge in [-0.15, -0.1) is 0 Å². The minimum Gasteiger partial charge on any atom is -0.363 e. The Morgan fingerprint density at radius 3 is 2.62 bits per heavy atom. The number of pyridine rings is 1. The van der Waals surface area contributed by atoms with Crippen molar-refractivity contribution < 1.29 is 0 Å². The van der Waals surface area contributed by atoms with Crippen LogP contribution in [0.3, 0.4) is 0 Å². The maximum atomic E-state index is 4.69. The van der Waals surface area contributed by atoms with Crippen LogP contribution in [0.2, 0.25) is 0 Å². The summed E-state index contributed by atoms with van der Waals surface area (Å²) >= 11 is 3.51. The summed E-state index contributed by atoms with van der Waals surface area (Å²) in [6.45, 7) is 3.98. The number of rotatable bonds is 4. The van der Waals surface area contributed by atoms with Gasteiger partial charge in [0.25, 0.3) is 0 Å². The van der Waals surface area contributed by atoms with Crippen LogP contribution in [-0.4, -0.2) is 55.2 Å². The van der Waals surface area contributed by atoms with E-state index in [1.54, 1.807) is 6.33 Å². The van der Waals surface area contributed by atoms with Crippen LogP contribution in [0.15, 0.2) is 29.0 Å². The van der Waals surface area contributed by atoms with Gasteiger partial charge in [-0.1, -0.05) is 0 Å². The van der Waals surface area contributed by atoms with E-state index in [1.807, 2.05) is 32.0 Å². The zero-order chi connectivity index (χ0) is 17.3. The second-order valence-electron chi connectivity index (χ2n) is 6.36. The van der Waals surface area contributed by atoms with E-state index in [0.717, 1.165) is 47.1 Å². The van der Waals surface area contributed by atoms with E-state index in [4.69, 9.17) is 0 Å². The lowest BCUT2D eigenvalue weighted by Gasteiger charge is -2.26. The van der Waals surface area contributed by atoms with Crippen LogP contribution in [0.5, 0.6) is 0 Å². The summed E-state index contributed by atoms with van der Waals surface area (Å²) in [6.07, 6.45) is 2.72. The van der Waals surface area contributed by atoms with Crippen LogP contribution in [0, 0.1) is 6.92 Å². The fourth-order valence-electron chi connectivity index (χ4n) is 2.93. The maximum Gasteiger partial charge on any atom is 0.134 e. The van der Waals surface area contributed by atoms with Crippen molar-refractivity contribution in [3.05, 3.63) is 34.7 Å². The van der Waals surface area contributed by atoms with Crippen molar-refractivity contribution in [2.45, 2.75) is 19.4 Å². The molecular weight excluding hydrogens is 368 g/mol. The highest BCUT2D eigenvalue weighted by Gasteiger charge is 2.27. The number of hydrogen-bond donors (Lipinski definition) is 0. The van der Waals surface area contributed by atoms with E-state index in [-0.39, 0.29) is 0 Å². The Bertz CT molecular complexity index is 720.